The zero-order valence-corrected chi connectivity index (χ0v) is 15.5. The summed E-state index contributed by atoms with van der Waals surface area (Å²) in [6.45, 7) is 3.85. The van der Waals surface area contributed by atoms with Gasteiger partial charge in [0.05, 0.1) is 17.9 Å². The normalized spacial score (nSPS) is 11.0. The molecule has 7 heteroatoms. The van der Waals surface area contributed by atoms with Crippen molar-refractivity contribution in [3.8, 4) is 0 Å². The smallest absolute Gasteiger partial charge is 0.338 e. The monoisotopic (exact) mass is 375 g/mol. The van der Waals surface area contributed by atoms with Gasteiger partial charge in [0.15, 0.2) is 9.84 Å². The van der Waals surface area contributed by atoms with Crippen LogP contribution in [0.15, 0.2) is 48.5 Å². The number of amides is 1. The average molecular weight is 375 g/mol. The van der Waals surface area contributed by atoms with Crippen molar-refractivity contribution < 1.29 is 22.7 Å². The summed E-state index contributed by atoms with van der Waals surface area (Å²) in [5, 5.41) is 2.57. The number of hydrogen-bond acceptors (Lipinski definition) is 5. The van der Waals surface area contributed by atoms with Gasteiger partial charge in [-0.3, -0.25) is 4.79 Å². The highest BCUT2D eigenvalue weighted by Crippen LogP contribution is 2.13. The first kappa shape index (κ1) is 19.7. The molecule has 0 atom stereocenters. The molecule has 0 heterocycles. The fraction of sp³-hybridized carbons (Fsp3) is 0.263. The van der Waals surface area contributed by atoms with Crippen LogP contribution in [0.4, 0.5) is 5.69 Å². The van der Waals surface area contributed by atoms with Gasteiger partial charge in [-0.1, -0.05) is 29.8 Å². The molecule has 26 heavy (non-hydrogen) atoms. The highest BCUT2D eigenvalue weighted by molar-refractivity contribution is 7.91. The Balaban J connectivity index is 2.01. The molecule has 0 spiro atoms. The van der Waals surface area contributed by atoms with Gasteiger partial charge in [0.1, 0.15) is 5.75 Å². The molecule has 138 valence electrons. The summed E-state index contributed by atoms with van der Waals surface area (Å²) in [5.41, 5.74) is 2.29. The molecule has 0 unspecified atom stereocenters. The maximum atomic E-state index is 12.3. The standard InChI is InChI=1S/C19H21NO5S/c1-3-25-19(22)16-6-4-5-15(11-16)12-26(23,24)13-18(21)20-17-9-7-14(2)8-10-17/h4-11H,3,12-13H2,1-2H3,(H,20,21). The summed E-state index contributed by atoms with van der Waals surface area (Å²) < 4.78 is 29.5. The molecule has 6 nitrogen and oxygen atoms in total. The Labute approximate surface area is 153 Å². The Morgan fingerprint density at radius 3 is 2.42 bits per heavy atom. The van der Waals surface area contributed by atoms with Crippen LogP contribution in [0.2, 0.25) is 0 Å². The van der Waals surface area contributed by atoms with Gasteiger partial charge in [-0.2, -0.15) is 0 Å². The molecule has 0 bridgehead atoms. The second-order valence-corrected chi connectivity index (χ2v) is 7.93. The largest absolute Gasteiger partial charge is 0.462 e. The predicted molar refractivity (Wildman–Crippen MR) is 99.7 cm³/mol. The second-order valence-electron chi connectivity index (χ2n) is 5.87. The van der Waals surface area contributed by atoms with Crippen LogP contribution in [0.5, 0.6) is 0 Å². The van der Waals surface area contributed by atoms with Gasteiger partial charge in [0.2, 0.25) is 5.91 Å². The van der Waals surface area contributed by atoms with Crippen LogP contribution in [0.1, 0.15) is 28.4 Å². The van der Waals surface area contributed by atoms with E-state index in [0.717, 1.165) is 5.56 Å². The number of sulfone groups is 1. The van der Waals surface area contributed by atoms with E-state index in [1.54, 1.807) is 37.3 Å². The lowest BCUT2D eigenvalue weighted by Gasteiger charge is -2.08. The van der Waals surface area contributed by atoms with E-state index < -0.39 is 27.5 Å². The van der Waals surface area contributed by atoms with Crippen LogP contribution in [-0.4, -0.2) is 32.7 Å². The van der Waals surface area contributed by atoms with E-state index in [0.29, 0.717) is 11.3 Å². The van der Waals surface area contributed by atoms with E-state index in [2.05, 4.69) is 5.32 Å². The molecule has 0 saturated carbocycles. The lowest BCUT2D eigenvalue weighted by Crippen LogP contribution is -2.24. The minimum atomic E-state index is -3.68. The van der Waals surface area contributed by atoms with Crippen molar-refractivity contribution in [2.24, 2.45) is 0 Å². The molecule has 0 aliphatic heterocycles. The highest BCUT2D eigenvalue weighted by atomic mass is 32.2. The van der Waals surface area contributed by atoms with E-state index in [1.807, 2.05) is 19.1 Å². The molecule has 0 fully saturated rings. The number of nitrogens with one attached hydrogen (secondary N) is 1. The topological polar surface area (TPSA) is 89.5 Å². The lowest BCUT2D eigenvalue weighted by atomic mass is 10.1. The Bertz CT molecular complexity index is 888. The summed E-state index contributed by atoms with van der Waals surface area (Å²) in [6.07, 6.45) is 0. The van der Waals surface area contributed by atoms with Crippen LogP contribution in [-0.2, 0) is 25.1 Å². The van der Waals surface area contributed by atoms with Crippen LogP contribution < -0.4 is 5.32 Å². The molecular formula is C19H21NO5S. The minimum absolute atomic E-state index is 0.237. The Kier molecular flexibility index (Phi) is 6.52. The zero-order chi connectivity index (χ0) is 19.2. The summed E-state index contributed by atoms with van der Waals surface area (Å²) in [5.74, 6) is -2.08. The molecule has 2 rings (SSSR count). The van der Waals surface area contributed by atoms with Crippen molar-refractivity contribution in [1.29, 1.82) is 0 Å². The van der Waals surface area contributed by atoms with Crippen molar-refractivity contribution in [1.82, 2.24) is 0 Å². The van der Waals surface area contributed by atoms with Crippen LogP contribution in [0, 0.1) is 6.92 Å². The number of benzene rings is 2. The van der Waals surface area contributed by atoms with Gasteiger partial charge in [0, 0.05) is 5.69 Å². The summed E-state index contributed by atoms with van der Waals surface area (Å²) in [4.78, 5) is 23.7. The third kappa shape index (κ3) is 6.00. The Morgan fingerprint density at radius 2 is 1.77 bits per heavy atom. The highest BCUT2D eigenvalue weighted by Gasteiger charge is 2.18. The zero-order valence-electron chi connectivity index (χ0n) is 14.7. The van der Waals surface area contributed by atoms with Crippen molar-refractivity contribution in [2.45, 2.75) is 19.6 Å². The lowest BCUT2D eigenvalue weighted by molar-refractivity contribution is -0.113. The third-order valence-electron chi connectivity index (χ3n) is 3.51. The number of rotatable bonds is 7. The molecule has 0 aliphatic rings. The molecule has 0 saturated heterocycles. The SMILES string of the molecule is CCOC(=O)c1cccc(CS(=O)(=O)CC(=O)Nc2ccc(C)cc2)c1. The van der Waals surface area contributed by atoms with E-state index in [1.165, 1.54) is 6.07 Å². The quantitative estimate of drug-likeness (QED) is 0.752. The van der Waals surface area contributed by atoms with E-state index >= 15 is 0 Å². The van der Waals surface area contributed by atoms with E-state index in [4.69, 9.17) is 4.74 Å². The first-order chi connectivity index (χ1) is 12.3. The van der Waals surface area contributed by atoms with Gasteiger partial charge in [-0.15, -0.1) is 0 Å². The maximum absolute atomic E-state index is 12.3. The second kappa shape index (κ2) is 8.62. The molecular weight excluding hydrogens is 354 g/mol. The van der Waals surface area contributed by atoms with E-state index in [-0.39, 0.29) is 17.9 Å². The van der Waals surface area contributed by atoms with Crippen molar-refractivity contribution >= 4 is 27.4 Å². The fourth-order valence-corrected chi connectivity index (χ4v) is 3.60. The number of ether oxygens (including phenoxy) is 1. The number of hydrogen-bond donors (Lipinski definition) is 1. The van der Waals surface area contributed by atoms with Crippen molar-refractivity contribution in [2.75, 3.05) is 17.7 Å². The van der Waals surface area contributed by atoms with Crippen LogP contribution in [0.3, 0.4) is 0 Å². The Morgan fingerprint density at radius 1 is 1.08 bits per heavy atom. The number of anilines is 1. The fourth-order valence-electron chi connectivity index (χ4n) is 2.34. The third-order valence-corrected chi connectivity index (χ3v) is 4.99. The van der Waals surface area contributed by atoms with Gasteiger partial charge in [-0.25, -0.2) is 13.2 Å². The number of carbonyl (C=O) groups excluding carboxylic acids is 2. The van der Waals surface area contributed by atoms with Gasteiger partial charge in [-0.05, 0) is 43.7 Å². The van der Waals surface area contributed by atoms with Crippen molar-refractivity contribution in [3.05, 3.63) is 65.2 Å². The molecule has 1 amide bonds. The molecule has 0 aromatic heterocycles. The first-order valence-corrected chi connectivity index (χ1v) is 9.94. The van der Waals surface area contributed by atoms with Gasteiger partial charge >= 0.3 is 5.97 Å². The van der Waals surface area contributed by atoms with Crippen LogP contribution >= 0.6 is 0 Å². The van der Waals surface area contributed by atoms with Crippen LogP contribution in [0.25, 0.3) is 0 Å². The Hall–Kier alpha value is -2.67. The van der Waals surface area contributed by atoms with Gasteiger partial charge in [0.25, 0.3) is 0 Å². The molecule has 2 aromatic rings. The van der Waals surface area contributed by atoms with Gasteiger partial charge < -0.3 is 10.1 Å². The molecule has 1 N–H and O–H groups in total. The van der Waals surface area contributed by atoms with Crippen molar-refractivity contribution in [3.63, 3.8) is 0 Å². The molecule has 0 radical (unpaired) electrons. The maximum Gasteiger partial charge on any atom is 0.338 e. The number of esters is 1. The minimum Gasteiger partial charge on any atom is -0.462 e. The predicted octanol–water partition coefficient (Wildman–Crippen LogP) is 2.73. The summed E-state index contributed by atoms with van der Waals surface area (Å²) in [7, 11) is -3.68. The summed E-state index contributed by atoms with van der Waals surface area (Å²) >= 11 is 0. The molecule has 2 aromatic carbocycles. The summed E-state index contributed by atoms with van der Waals surface area (Å²) in [6, 6.07) is 13.3. The number of carbonyl (C=O) groups is 2. The molecule has 0 aliphatic carbocycles. The first-order valence-electron chi connectivity index (χ1n) is 8.12. The number of aryl methyl sites for hydroxylation is 1. The van der Waals surface area contributed by atoms with E-state index in [9.17, 15) is 18.0 Å². The average Bonchev–Trinajstić information content (AvgIpc) is 2.56.